The van der Waals surface area contributed by atoms with Gasteiger partial charge in [-0.05, 0) is 23.6 Å². The minimum absolute atomic E-state index is 0.286. The Morgan fingerprint density at radius 1 is 1.04 bits per heavy atom. The van der Waals surface area contributed by atoms with E-state index in [1.807, 2.05) is 43.0 Å². The van der Waals surface area contributed by atoms with Crippen LogP contribution in [0.15, 0.2) is 89.7 Å². The van der Waals surface area contributed by atoms with Crippen molar-refractivity contribution in [3.63, 3.8) is 0 Å². The van der Waals surface area contributed by atoms with E-state index in [9.17, 15) is 4.79 Å². The molecule has 0 amide bonds. The summed E-state index contributed by atoms with van der Waals surface area (Å²) in [6, 6.07) is 20.5. The van der Waals surface area contributed by atoms with Gasteiger partial charge in [0.25, 0.3) is 0 Å². The summed E-state index contributed by atoms with van der Waals surface area (Å²) in [5.74, 6) is 2.11. The molecule has 25 heavy (non-hydrogen) atoms. The van der Waals surface area contributed by atoms with Crippen LogP contribution in [-0.2, 0) is 15.3 Å². The monoisotopic (exact) mass is 348 g/mol. The van der Waals surface area contributed by atoms with E-state index in [2.05, 4.69) is 48.6 Å². The van der Waals surface area contributed by atoms with Crippen LogP contribution in [0.5, 0.6) is 0 Å². The summed E-state index contributed by atoms with van der Waals surface area (Å²) in [5.41, 5.74) is 4.33. The lowest BCUT2D eigenvalue weighted by atomic mass is 10.1. The number of esters is 1. The van der Waals surface area contributed by atoms with Crippen molar-refractivity contribution in [2.75, 3.05) is 5.75 Å². The molecule has 0 aromatic heterocycles. The second-order valence-corrected chi connectivity index (χ2v) is 6.81. The number of ether oxygens (including phenoxy) is 1. The molecule has 0 aliphatic carbocycles. The number of thioether (sulfide) groups is 1. The van der Waals surface area contributed by atoms with Gasteiger partial charge in [0.1, 0.15) is 5.76 Å². The van der Waals surface area contributed by atoms with Crippen molar-refractivity contribution < 1.29 is 9.53 Å². The maximum absolute atomic E-state index is 11.6. The van der Waals surface area contributed by atoms with Gasteiger partial charge in [0.2, 0.25) is 0 Å². The second kappa shape index (κ2) is 8.54. The molecule has 0 N–H and O–H groups in total. The zero-order chi connectivity index (χ0) is 17.5. The molecule has 0 atom stereocenters. The lowest BCUT2D eigenvalue weighted by molar-refractivity contribution is -0.132. The van der Waals surface area contributed by atoms with E-state index in [1.165, 1.54) is 5.56 Å². The van der Waals surface area contributed by atoms with E-state index in [4.69, 9.17) is 4.74 Å². The van der Waals surface area contributed by atoms with E-state index < -0.39 is 0 Å². The summed E-state index contributed by atoms with van der Waals surface area (Å²) in [6.45, 7) is 1.92. The molecule has 2 aromatic rings. The molecule has 0 spiro atoms. The van der Waals surface area contributed by atoms with Gasteiger partial charge in [-0.15, -0.1) is 0 Å². The zero-order valence-corrected chi connectivity index (χ0v) is 15.0. The molecule has 1 aliphatic heterocycles. The van der Waals surface area contributed by atoms with Gasteiger partial charge in [0.05, 0.1) is 0 Å². The molecule has 2 nitrogen and oxygen atoms in total. The molecule has 3 heteroatoms. The largest absolute Gasteiger partial charge is 0.423 e. The molecule has 1 heterocycles. The van der Waals surface area contributed by atoms with Crippen LogP contribution in [0.25, 0.3) is 6.08 Å². The highest BCUT2D eigenvalue weighted by molar-refractivity contribution is 7.98. The zero-order valence-electron chi connectivity index (χ0n) is 14.1. The first-order valence-corrected chi connectivity index (χ1v) is 9.36. The summed E-state index contributed by atoms with van der Waals surface area (Å²) in [4.78, 5) is 11.6. The lowest BCUT2D eigenvalue weighted by Gasteiger charge is -2.08. The number of carbonyl (C=O) groups excluding carboxylic acids is 1. The van der Waals surface area contributed by atoms with Crippen molar-refractivity contribution in [1.82, 2.24) is 0 Å². The second-order valence-electron chi connectivity index (χ2n) is 5.83. The van der Waals surface area contributed by atoms with Crippen molar-refractivity contribution in [2.45, 2.75) is 12.7 Å². The number of benzene rings is 2. The Bertz CT molecular complexity index is 818. The standard InChI is InChI=1S/C22H20O2S/c1-17-14-21(23)24-22(17)20(13-12-18-8-4-2-5-9-18)16-25-15-19-10-6-3-7-11-19/h2-14H,15-16H2,1H3/b13-12+,22-20-. The van der Waals surface area contributed by atoms with Crippen LogP contribution in [0.4, 0.5) is 0 Å². The minimum atomic E-state index is -0.286. The van der Waals surface area contributed by atoms with Crippen molar-refractivity contribution in [2.24, 2.45) is 0 Å². The Morgan fingerprint density at radius 2 is 1.72 bits per heavy atom. The smallest absolute Gasteiger partial charge is 0.336 e. The fourth-order valence-corrected chi connectivity index (χ4v) is 3.55. The Kier molecular flexibility index (Phi) is 5.91. The molecular formula is C22H20O2S. The number of hydrogen-bond acceptors (Lipinski definition) is 3. The number of carbonyl (C=O) groups is 1. The lowest BCUT2D eigenvalue weighted by Crippen LogP contribution is -1.98. The Hall–Kier alpha value is -2.52. The Labute approximate surface area is 152 Å². The van der Waals surface area contributed by atoms with Crippen molar-refractivity contribution in [1.29, 1.82) is 0 Å². The molecule has 0 fully saturated rings. The van der Waals surface area contributed by atoms with Crippen molar-refractivity contribution in [3.8, 4) is 0 Å². The van der Waals surface area contributed by atoms with Crippen LogP contribution >= 0.6 is 11.8 Å². The average molecular weight is 348 g/mol. The highest BCUT2D eigenvalue weighted by Gasteiger charge is 2.19. The summed E-state index contributed by atoms with van der Waals surface area (Å²) in [6.07, 6.45) is 5.66. The molecule has 126 valence electrons. The van der Waals surface area contributed by atoms with Crippen LogP contribution in [0.2, 0.25) is 0 Å². The highest BCUT2D eigenvalue weighted by Crippen LogP contribution is 2.27. The summed E-state index contributed by atoms with van der Waals surface area (Å²) < 4.78 is 5.41. The van der Waals surface area contributed by atoms with Gasteiger partial charge < -0.3 is 4.74 Å². The van der Waals surface area contributed by atoms with E-state index in [-0.39, 0.29) is 5.97 Å². The summed E-state index contributed by atoms with van der Waals surface area (Å²) >= 11 is 1.81. The minimum Gasteiger partial charge on any atom is -0.423 e. The number of cyclic esters (lactones) is 1. The molecule has 0 bridgehead atoms. The van der Waals surface area contributed by atoms with Crippen LogP contribution in [-0.4, -0.2) is 11.7 Å². The quantitative estimate of drug-likeness (QED) is 0.655. The van der Waals surface area contributed by atoms with Crippen molar-refractivity contribution >= 4 is 23.8 Å². The summed E-state index contributed by atoms with van der Waals surface area (Å²) in [7, 11) is 0. The van der Waals surface area contributed by atoms with Crippen LogP contribution in [0.1, 0.15) is 18.1 Å². The first kappa shape index (κ1) is 17.3. The summed E-state index contributed by atoms with van der Waals surface area (Å²) in [5, 5.41) is 0. The predicted molar refractivity (Wildman–Crippen MR) is 105 cm³/mol. The first-order valence-electron chi connectivity index (χ1n) is 8.21. The SMILES string of the molecule is CC1=CC(=O)O/C1=C(/C=C/c1ccccc1)CSCc1ccccc1. The average Bonchev–Trinajstić information content (AvgIpc) is 2.98. The van der Waals surface area contributed by atoms with Gasteiger partial charge >= 0.3 is 5.97 Å². The van der Waals surface area contributed by atoms with Gasteiger partial charge in [-0.2, -0.15) is 11.8 Å². The van der Waals surface area contributed by atoms with Gasteiger partial charge in [0, 0.05) is 23.2 Å². The highest BCUT2D eigenvalue weighted by atomic mass is 32.2. The number of allylic oxidation sites excluding steroid dienone is 2. The van der Waals surface area contributed by atoms with Gasteiger partial charge in [0.15, 0.2) is 0 Å². The van der Waals surface area contributed by atoms with Gasteiger partial charge in [-0.1, -0.05) is 72.8 Å². The molecule has 0 saturated heterocycles. The molecule has 2 aromatic carbocycles. The fraction of sp³-hybridized carbons (Fsp3) is 0.136. The Morgan fingerprint density at radius 3 is 2.36 bits per heavy atom. The van der Waals surface area contributed by atoms with Gasteiger partial charge in [-0.25, -0.2) is 4.79 Å². The number of hydrogen-bond donors (Lipinski definition) is 0. The van der Waals surface area contributed by atoms with Crippen LogP contribution < -0.4 is 0 Å². The molecular weight excluding hydrogens is 328 g/mol. The topological polar surface area (TPSA) is 26.3 Å². The third kappa shape index (κ3) is 4.97. The van der Waals surface area contributed by atoms with Crippen molar-refractivity contribution in [3.05, 3.63) is 101 Å². The molecule has 1 aliphatic rings. The third-order valence-electron chi connectivity index (χ3n) is 3.83. The van der Waals surface area contributed by atoms with Crippen LogP contribution in [0.3, 0.4) is 0 Å². The Balaban J connectivity index is 1.75. The third-order valence-corrected chi connectivity index (χ3v) is 4.89. The molecule has 3 rings (SSSR count). The van der Waals surface area contributed by atoms with Gasteiger partial charge in [-0.3, -0.25) is 0 Å². The first-order chi connectivity index (χ1) is 12.2. The molecule has 0 unspecified atom stereocenters. The fourth-order valence-electron chi connectivity index (χ4n) is 2.58. The van der Waals surface area contributed by atoms with E-state index >= 15 is 0 Å². The maximum Gasteiger partial charge on any atom is 0.336 e. The molecule has 0 radical (unpaired) electrons. The molecule has 0 saturated carbocycles. The number of rotatable bonds is 6. The maximum atomic E-state index is 11.6. The van der Waals surface area contributed by atoms with Crippen LogP contribution in [0, 0.1) is 0 Å². The predicted octanol–water partition coefficient (Wildman–Crippen LogP) is 5.39. The van der Waals surface area contributed by atoms with E-state index in [1.54, 1.807) is 6.08 Å². The van der Waals surface area contributed by atoms with E-state index in [0.717, 1.165) is 28.2 Å². The van der Waals surface area contributed by atoms with E-state index in [0.29, 0.717) is 5.76 Å². The normalized spacial score (nSPS) is 16.0.